The lowest BCUT2D eigenvalue weighted by molar-refractivity contribution is 0.0341. The van der Waals surface area contributed by atoms with Gasteiger partial charge in [-0.3, -0.25) is 14.7 Å². The molecule has 1 aliphatic rings. The van der Waals surface area contributed by atoms with E-state index in [2.05, 4.69) is 44.8 Å². The molecule has 0 aromatic heterocycles. The van der Waals surface area contributed by atoms with Crippen molar-refractivity contribution in [3.63, 3.8) is 0 Å². The number of morpholine rings is 1. The molecule has 0 spiro atoms. The number of hydrogen-bond acceptors (Lipinski definition) is 4. The summed E-state index contributed by atoms with van der Waals surface area (Å²) >= 11 is 0. The summed E-state index contributed by atoms with van der Waals surface area (Å²) in [6.07, 6.45) is 0. The molecule has 1 fully saturated rings. The lowest BCUT2D eigenvalue weighted by Gasteiger charge is -2.27. The number of carbonyl (C=O) groups is 1. The van der Waals surface area contributed by atoms with Gasteiger partial charge in [0, 0.05) is 59.4 Å². The molecule has 1 saturated heterocycles. The van der Waals surface area contributed by atoms with Crippen LogP contribution in [0.25, 0.3) is 0 Å². The average Bonchev–Trinajstić information content (AvgIpc) is 2.80. The lowest BCUT2D eigenvalue weighted by Crippen LogP contribution is -2.37. The van der Waals surface area contributed by atoms with E-state index >= 15 is 0 Å². The molecule has 0 aliphatic carbocycles. The number of carbonyl (C=O) groups excluding carboxylic acids is 1. The van der Waals surface area contributed by atoms with Crippen molar-refractivity contribution in [2.75, 3.05) is 47.4 Å². The standard InChI is InChI=1S/C24H33N5O2.HI/c1-25-24(26-16-19-8-10-20(11-9-19)23(30)28(2)3)27-17-21-6-4-5-7-22(21)18-29-12-14-31-15-13-29;/h4-11H,12-18H2,1-3H3,(H2,25,26,27);1H. The van der Waals surface area contributed by atoms with Crippen molar-refractivity contribution in [2.45, 2.75) is 19.6 Å². The summed E-state index contributed by atoms with van der Waals surface area (Å²) in [7, 11) is 5.28. The Morgan fingerprint density at radius 1 is 1.00 bits per heavy atom. The molecule has 1 amide bonds. The Balaban J connectivity index is 0.00000363. The quantitative estimate of drug-likeness (QED) is 0.315. The van der Waals surface area contributed by atoms with Crippen LogP contribution < -0.4 is 10.6 Å². The van der Waals surface area contributed by atoms with Gasteiger partial charge >= 0.3 is 0 Å². The summed E-state index contributed by atoms with van der Waals surface area (Å²) in [6, 6.07) is 16.2. The summed E-state index contributed by atoms with van der Waals surface area (Å²) in [5.41, 5.74) is 4.37. The monoisotopic (exact) mass is 551 g/mol. The first-order chi connectivity index (χ1) is 15.1. The first kappa shape index (κ1) is 26.1. The highest BCUT2D eigenvalue weighted by molar-refractivity contribution is 14.0. The smallest absolute Gasteiger partial charge is 0.253 e. The van der Waals surface area contributed by atoms with E-state index in [-0.39, 0.29) is 29.9 Å². The van der Waals surface area contributed by atoms with E-state index in [1.165, 1.54) is 11.1 Å². The number of hydrogen-bond donors (Lipinski definition) is 2. The third-order valence-corrected chi connectivity index (χ3v) is 5.35. The molecule has 8 heteroatoms. The van der Waals surface area contributed by atoms with Gasteiger partial charge in [0.2, 0.25) is 0 Å². The molecule has 2 aromatic rings. The van der Waals surface area contributed by atoms with E-state index in [0.29, 0.717) is 18.7 Å². The molecule has 1 heterocycles. The van der Waals surface area contributed by atoms with Crippen molar-refractivity contribution in [3.8, 4) is 0 Å². The molecule has 1 aliphatic heterocycles. The lowest BCUT2D eigenvalue weighted by atomic mass is 10.1. The van der Waals surface area contributed by atoms with Gasteiger partial charge in [0.15, 0.2) is 5.96 Å². The number of benzene rings is 2. The zero-order valence-corrected chi connectivity index (χ0v) is 21.5. The van der Waals surface area contributed by atoms with Crippen molar-refractivity contribution in [1.29, 1.82) is 0 Å². The number of rotatable bonds is 7. The van der Waals surface area contributed by atoms with E-state index in [0.717, 1.165) is 44.4 Å². The van der Waals surface area contributed by atoms with Gasteiger partial charge in [0.1, 0.15) is 0 Å². The maximum Gasteiger partial charge on any atom is 0.253 e. The number of nitrogens with one attached hydrogen (secondary N) is 2. The van der Waals surface area contributed by atoms with Crippen LogP contribution in [0.2, 0.25) is 0 Å². The molecule has 0 atom stereocenters. The number of aliphatic imine (C=N–C) groups is 1. The predicted molar refractivity (Wildman–Crippen MR) is 139 cm³/mol. The normalized spacial score (nSPS) is 14.4. The third-order valence-electron chi connectivity index (χ3n) is 5.35. The van der Waals surface area contributed by atoms with E-state index in [4.69, 9.17) is 4.74 Å². The topological polar surface area (TPSA) is 69.2 Å². The Labute approximate surface area is 208 Å². The molecule has 0 bridgehead atoms. The molecule has 3 rings (SSSR count). The average molecular weight is 551 g/mol. The van der Waals surface area contributed by atoms with Gasteiger partial charge in [-0.2, -0.15) is 0 Å². The van der Waals surface area contributed by atoms with Crippen LogP contribution in [0.5, 0.6) is 0 Å². The van der Waals surface area contributed by atoms with Gasteiger partial charge < -0.3 is 20.3 Å². The van der Waals surface area contributed by atoms with E-state index in [1.54, 1.807) is 26.0 Å². The number of nitrogens with zero attached hydrogens (tertiary/aromatic N) is 3. The number of halogens is 1. The fraction of sp³-hybridized carbons (Fsp3) is 0.417. The zero-order chi connectivity index (χ0) is 22.1. The zero-order valence-electron chi connectivity index (χ0n) is 19.1. The maximum atomic E-state index is 12.0. The third kappa shape index (κ3) is 7.75. The minimum atomic E-state index is 0. The van der Waals surface area contributed by atoms with Crippen LogP contribution in [0.3, 0.4) is 0 Å². The Morgan fingerprint density at radius 3 is 2.25 bits per heavy atom. The SMILES string of the molecule is CN=C(NCc1ccc(C(=O)N(C)C)cc1)NCc1ccccc1CN1CCOCC1.I. The Hall–Kier alpha value is -2.17. The molecular weight excluding hydrogens is 517 g/mol. The minimum Gasteiger partial charge on any atom is -0.379 e. The maximum absolute atomic E-state index is 12.0. The predicted octanol–water partition coefficient (Wildman–Crippen LogP) is 2.70. The fourth-order valence-electron chi connectivity index (χ4n) is 3.49. The van der Waals surface area contributed by atoms with E-state index < -0.39 is 0 Å². The van der Waals surface area contributed by atoms with Crippen LogP contribution in [0.1, 0.15) is 27.0 Å². The molecule has 0 unspecified atom stereocenters. The molecular formula is C24H34IN5O2. The Kier molecular flexibility index (Phi) is 10.9. The first-order valence-electron chi connectivity index (χ1n) is 10.7. The van der Waals surface area contributed by atoms with Crippen molar-refractivity contribution in [3.05, 3.63) is 70.8 Å². The van der Waals surface area contributed by atoms with E-state index in [1.807, 2.05) is 24.3 Å². The Bertz CT molecular complexity index is 880. The first-order valence-corrected chi connectivity index (χ1v) is 10.7. The summed E-state index contributed by atoms with van der Waals surface area (Å²) < 4.78 is 5.46. The summed E-state index contributed by atoms with van der Waals surface area (Å²) in [6.45, 7) is 5.84. The van der Waals surface area contributed by atoms with Gasteiger partial charge in [-0.05, 0) is 28.8 Å². The van der Waals surface area contributed by atoms with Crippen LogP contribution >= 0.6 is 24.0 Å². The van der Waals surface area contributed by atoms with Crippen LogP contribution in [-0.2, 0) is 24.4 Å². The second-order valence-corrected chi connectivity index (χ2v) is 7.83. The van der Waals surface area contributed by atoms with Crippen molar-refractivity contribution >= 4 is 35.8 Å². The second-order valence-electron chi connectivity index (χ2n) is 7.83. The van der Waals surface area contributed by atoms with Crippen LogP contribution in [0, 0.1) is 0 Å². The number of ether oxygens (including phenoxy) is 1. The highest BCUT2D eigenvalue weighted by Gasteiger charge is 2.13. The Morgan fingerprint density at radius 2 is 1.62 bits per heavy atom. The van der Waals surface area contributed by atoms with Crippen molar-refractivity contribution in [2.24, 2.45) is 4.99 Å². The van der Waals surface area contributed by atoms with Crippen LogP contribution in [0.15, 0.2) is 53.5 Å². The summed E-state index contributed by atoms with van der Waals surface area (Å²) in [5, 5.41) is 6.76. The molecule has 174 valence electrons. The van der Waals surface area contributed by atoms with Gasteiger partial charge in [0.25, 0.3) is 5.91 Å². The molecule has 0 saturated carbocycles. The molecule has 0 radical (unpaired) electrons. The highest BCUT2D eigenvalue weighted by Crippen LogP contribution is 2.13. The summed E-state index contributed by atoms with van der Waals surface area (Å²) in [5.74, 6) is 0.752. The second kappa shape index (κ2) is 13.4. The molecule has 2 N–H and O–H groups in total. The highest BCUT2D eigenvalue weighted by atomic mass is 127. The van der Waals surface area contributed by atoms with Gasteiger partial charge in [-0.15, -0.1) is 24.0 Å². The number of guanidine groups is 1. The minimum absolute atomic E-state index is 0. The summed E-state index contributed by atoms with van der Waals surface area (Å²) in [4.78, 5) is 20.4. The van der Waals surface area contributed by atoms with Crippen LogP contribution in [-0.4, -0.2) is 69.1 Å². The number of amides is 1. The fourth-order valence-corrected chi connectivity index (χ4v) is 3.49. The van der Waals surface area contributed by atoms with Crippen LogP contribution in [0.4, 0.5) is 0 Å². The van der Waals surface area contributed by atoms with Gasteiger partial charge in [-0.1, -0.05) is 36.4 Å². The molecule has 7 nitrogen and oxygen atoms in total. The van der Waals surface area contributed by atoms with Crippen molar-refractivity contribution in [1.82, 2.24) is 20.4 Å². The van der Waals surface area contributed by atoms with Gasteiger partial charge in [-0.25, -0.2) is 0 Å². The van der Waals surface area contributed by atoms with Gasteiger partial charge in [0.05, 0.1) is 13.2 Å². The van der Waals surface area contributed by atoms with E-state index in [9.17, 15) is 4.79 Å². The molecule has 32 heavy (non-hydrogen) atoms. The molecule has 2 aromatic carbocycles. The largest absolute Gasteiger partial charge is 0.379 e. The van der Waals surface area contributed by atoms with Crippen molar-refractivity contribution < 1.29 is 9.53 Å².